The molecule has 0 spiro atoms. The number of carbonyl (C=O) groups is 2. The van der Waals surface area contributed by atoms with Crippen LogP contribution in [0.15, 0.2) is 167 Å². The van der Waals surface area contributed by atoms with Crippen molar-refractivity contribution >= 4 is 68.9 Å². The third-order valence-electron chi connectivity index (χ3n) is 10.4. The maximum absolute atomic E-state index is 14.2. The van der Waals surface area contributed by atoms with E-state index in [-0.39, 0.29) is 51.8 Å². The van der Waals surface area contributed by atoms with Gasteiger partial charge in [0.1, 0.15) is 34.4 Å². The number of Topliss-reactive ketones (excluding diaryl/α,β-unsaturated/α-hetero) is 2. The third-order valence-corrected chi connectivity index (χ3v) is 10.8. The van der Waals surface area contributed by atoms with Crippen molar-refractivity contribution in [3.63, 3.8) is 0 Å². The van der Waals surface area contributed by atoms with Crippen molar-refractivity contribution in [2.75, 3.05) is 9.80 Å². The molecule has 14 heteroatoms. The van der Waals surface area contributed by atoms with Gasteiger partial charge in [0.25, 0.3) is 11.1 Å². The van der Waals surface area contributed by atoms with E-state index in [0.717, 1.165) is 5.56 Å². The second-order valence-electron chi connectivity index (χ2n) is 14.8. The lowest BCUT2D eigenvalue weighted by Crippen LogP contribution is -2.31. The van der Waals surface area contributed by atoms with Crippen LogP contribution in [0.5, 0.6) is 0 Å². The van der Waals surface area contributed by atoms with Crippen LogP contribution < -0.4 is 20.9 Å². The fourth-order valence-electron chi connectivity index (χ4n) is 7.50. The van der Waals surface area contributed by atoms with Gasteiger partial charge in [-0.25, -0.2) is 18.1 Å². The molecule has 0 aliphatic carbocycles. The number of anilines is 6. The summed E-state index contributed by atoms with van der Waals surface area (Å²) in [4.78, 5) is 56.4. The van der Waals surface area contributed by atoms with Crippen molar-refractivity contribution in [3.8, 4) is 22.5 Å². The second kappa shape index (κ2) is 20.5. The fourth-order valence-corrected chi connectivity index (χ4v) is 7.87. The van der Waals surface area contributed by atoms with E-state index < -0.39 is 23.0 Å². The van der Waals surface area contributed by atoms with Crippen LogP contribution in [0, 0.1) is 11.6 Å². The Labute approximate surface area is 389 Å². The van der Waals surface area contributed by atoms with Crippen LogP contribution in [-0.2, 0) is 13.1 Å². The van der Waals surface area contributed by atoms with Crippen LogP contribution in [0.2, 0.25) is 10.0 Å². The van der Waals surface area contributed by atoms with Gasteiger partial charge in [-0.05, 0) is 100 Å². The molecule has 0 atom stereocenters. The molecule has 0 unspecified atom stereocenters. The molecule has 332 valence electrons. The molecule has 0 aliphatic rings. The van der Waals surface area contributed by atoms with E-state index in [1.807, 2.05) is 55.5 Å². The summed E-state index contributed by atoms with van der Waals surface area (Å²) in [6, 6.07) is 43.8. The van der Waals surface area contributed by atoms with Crippen LogP contribution in [0.4, 0.5) is 42.9 Å². The minimum absolute atomic E-state index is 0.0191. The van der Waals surface area contributed by atoms with Gasteiger partial charge in [0.05, 0.1) is 11.1 Å². The number of rotatable bonds is 12. The number of benzene rings is 6. The molecule has 0 saturated heterocycles. The summed E-state index contributed by atoms with van der Waals surface area (Å²) < 4.78 is 31.1. The highest BCUT2D eigenvalue weighted by Crippen LogP contribution is 2.40. The number of nitrogens with zero attached hydrogens (tertiary/aromatic N) is 6. The molecule has 8 aromatic rings. The first-order valence-corrected chi connectivity index (χ1v) is 21.6. The Morgan fingerprint density at radius 1 is 0.500 bits per heavy atom. The molecule has 0 aliphatic heterocycles. The summed E-state index contributed by atoms with van der Waals surface area (Å²) in [5, 5.41) is 10.0. The maximum Gasteiger partial charge on any atom is 0.291 e. The molecule has 0 fully saturated rings. The van der Waals surface area contributed by atoms with Gasteiger partial charge in [0, 0.05) is 57.0 Å². The van der Waals surface area contributed by atoms with Crippen LogP contribution >= 0.6 is 23.2 Å². The summed E-state index contributed by atoms with van der Waals surface area (Å²) in [6.07, 6.45) is 0. The van der Waals surface area contributed by atoms with Crippen LogP contribution in [0.3, 0.4) is 0 Å². The molecule has 0 saturated carbocycles. The lowest BCUT2D eigenvalue weighted by Gasteiger charge is -2.28. The van der Waals surface area contributed by atoms with Gasteiger partial charge in [-0.2, -0.15) is 10.2 Å². The van der Waals surface area contributed by atoms with Crippen LogP contribution in [0.1, 0.15) is 48.4 Å². The van der Waals surface area contributed by atoms with Gasteiger partial charge in [-0.15, -0.1) is 0 Å². The van der Waals surface area contributed by atoms with Crippen molar-refractivity contribution < 1.29 is 18.4 Å². The van der Waals surface area contributed by atoms with Gasteiger partial charge in [-0.3, -0.25) is 19.2 Å². The second-order valence-corrected chi connectivity index (χ2v) is 15.7. The molecule has 0 radical (unpaired) electrons. The van der Waals surface area contributed by atoms with Gasteiger partial charge < -0.3 is 9.80 Å². The average Bonchev–Trinajstić information content (AvgIpc) is 3.31. The van der Waals surface area contributed by atoms with Crippen molar-refractivity contribution in [2.24, 2.45) is 0 Å². The molecule has 6 aromatic carbocycles. The van der Waals surface area contributed by atoms with E-state index in [9.17, 15) is 28.0 Å². The smallest absolute Gasteiger partial charge is 0.291 e. The van der Waals surface area contributed by atoms with E-state index in [2.05, 4.69) is 10.2 Å². The summed E-state index contributed by atoms with van der Waals surface area (Å²) in [7, 11) is 0. The Balaban J connectivity index is 0.000000196. The maximum atomic E-state index is 14.2. The number of hydrogen-bond acceptors (Lipinski definition) is 8. The fraction of sp³-hybridized carbons (Fsp3) is 0.115. The predicted octanol–water partition coefficient (Wildman–Crippen LogP) is 12.8. The van der Waals surface area contributed by atoms with E-state index in [4.69, 9.17) is 23.2 Å². The van der Waals surface area contributed by atoms with Crippen molar-refractivity contribution in [3.05, 3.63) is 211 Å². The Hall–Kier alpha value is -7.54. The molecule has 66 heavy (non-hydrogen) atoms. The highest BCUT2D eigenvalue weighted by atomic mass is 35.5. The van der Waals surface area contributed by atoms with Gasteiger partial charge in [0.2, 0.25) is 0 Å². The summed E-state index contributed by atoms with van der Waals surface area (Å²) >= 11 is 12.6. The Morgan fingerprint density at radius 3 is 1.14 bits per heavy atom. The SMILES string of the molecule is CCn1nc(-c2ccccc2)c(C(C)=O)c(N(c2cccc(Cl)c2)c2cccc(Cl)c2)c1=O.CCn1nc(-c2ccccc2)c(C(C)=O)c(N(c2cccc(F)c2)c2cccc(F)c2)c1=O. The molecule has 0 N–H and O–H groups in total. The molecule has 0 bridgehead atoms. The lowest BCUT2D eigenvalue weighted by atomic mass is 10.0. The molecule has 8 rings (SSSR count). The Kier molecular flexibility index (Phi) is 14.4. The Bertz CT molecular complexity index is 2900. The number of aryl methyl sites for hydroxylation is 2. The molecule has 2 heterocycles. The standard InChI is InChI=1S/C26H21Cl2N3O2.C26H21F2N3O2/c2*1-3-30-26(33)25(23(17(2)32)24(29-30)18-9-5-4-6-10-18)31(21-13-7-11-19(27)15-21)22-14-8-12-20(28)16-22/h2*4-16H,3H2,1-2H3. The predicted molar refractivity (Wildman–Crippen MR) is 259 cm³/mol. The lowest BCUT2D eigenvalue weighted by molar-refractivity contribution is 0.100. The topological polar surface area (TPSA) is 110 Å². The zero-order valence-electron chi connectivity index (χ0n) is 36.3. The highest BCUT2D eigenvalue weighted by Gasteiger charge is 2.30. The largest absolute Gasteiger partial charge is 0.305 e. The van der Waals surface area contributed by atoms with E-state index in [0.29, 0.717) is 44.9 Å². The first-order chi connectivity index (χ1) is 31.8. The average molecular weight is 924 g/mol. The number of hydrogen-bond donors (Lipinski definition) is 0. The number of halogens is 4. The van der Waals surface area contributed by atoms with Gasteiger partial charge in [0.15, 0.2) is 11.6 Å². The minimum atomic E-state index is -0.545. The summed E-state index contributed by atoms with van der Waals surface area (Å²) in [6.45, 7) is 6.96. The van der Waals surface area contributed by atoms with Gasteiger partial charge >= 0.3 is 0 Å². The quantitative estimate of drug-likeness (QED) is 0.111. The molecular formula is C52H42Cl2F2N6O4. The molecular weight excluding hydrogens is 882 g/mol. The third kappa shape index (κ3) is 9.90. The van der Waals surface area contributed by atoms with Crippen molar-refractivity contribution in [2.45, 2.75) is 40.8 Å². The van der Waals surface area contributed by atoms with E-state index >= 15 is 0 Å². The zero-order valence-corrected chi connectivity index (χ0v) is 37.8. The monoisotopic (exact) mass is 922 g/mol. The van der Waals surface area contributed by atoms with Crippen molar-refractivity contribution in [1.82, 2.24) is 19.6 Å². The zero-order chi connectivity index (χ0) is 47.1. The van der Waals surface area contributed by atoms with Crippen LogP contribution in [0.25, 0.3) is 22.5 Å². The number of ketones is 2. The highest BCUT2D eigenvalue weighted by molar-refractivity contribution is 6.31. The normalized spacial score (nSPS) is 10.8. The molecule has 2 aromatic heterocycles. The molecule has 10 nitrogen and oxygen atoms in total. The van der Waals surface area contributed by atoms with Gasteiger partial charge in [-0.1, -0.05) is 108 Å². The first kappa shape index (κ1) is 46.5. The van der Waals surface area contributed by atoms with Crippen LogP contribution in [-0.4, -0.2) is 31.1 Å². The minimum Gasteiger partial charge on any atom is -0.305 e. The first-order valence-electron chi connectivity index (χ1n) is 20.9. The summed E-state index contributed by atoms with van der Waals surface area (Å²) in [5.41, 5.74) is 3.48. The molecule has 0 amide bonds. The van der Waals surface area contributed by atoms with E-state index in [1.54, 1.807) is 84.6 Å². The number of aromatic nitrogens is 4. The summed E-state index contributed by atoms with van der Waals surface area (Å²) in [5.74, 6) is -1.74. The van der Waals surface area contributed by atoms with E-state index in [1.165, 1.54) is 64.5 Å². The Morgan fingerprint density at radius 2 is 0.833 bits per heavy atom. The van der Waals surface area contributed by atoms with Crippen molar-refractivity contribution in [1.29, 1.82) is 0 Å². The number of carbonyl (C=O) groups excluding carboxylic acids is 2.